The average molecular weight is 332 g/mol. The minimum Gasteiger partial charge on any atom is -0.396 e. The average Bonchev–Trinajstić information content (AvgIpc) is 2.32. The number of nitrogens with two attached hydrogens (primary N) is 1. The van der Waals surface area contributed by atoms with Crippen molar-refractivity contribution in [2.45, 2.75) is 6.18 Å². The molecular formula is C12H9BrF3N3. The minimum absolute atomic E-state index is 0.392. The number of benzene rings is 1. The summed E-state index contributed by atoms with van der Waals surface area (Å²) in [7, 11) is 0. The number of nitrogens with one attached hydrogen (secondary N) is 1. The van der Waals surface area contributed by atoms with Gasteiger partial charge in [0.15, 0.2) is 5.82 Å². The summed E-state index contributed by atoms with van der Waals surface area (Å²) in [5.74, 6) is 0.392. The first-order valence-electron chi connectivity index (χ1n) is 5.21. The SMILES string of the molecule is Nc1cc(Br)cnc1Nc1ccc(C(F)(F)F)cc1. The zero-order chi connectivity index (χ0) is 14.0. The van der Waals surface area contributed by atoms with E-state index in [0.29, 0.717) is 17.2 Å². The van der Waals surface area contributed by atoms with Crippen LogP contribution in [0.2, 0.25) is 0 Å². The maximum atomic E-state index is 12.4. The number of halogens is 4. The van der Waals surface area contributed by atoms with Crippen molar-refractivity contribution >= 4 is 33.1 Å². The summed E-state index contributed by atoms with van der Waals surface area (Å²) in [4.78, 5) is 4.04. The van der Waals surface area contributed by atoms with E-state index in [-0.39, 0.29) is 0 Å². The van der Waals surface area contributed by atoms with Gasteiger partial charge in [0.1, 0.15) is 0 Å². The zero-order valence-electron chi connectivity index (χ0n) is 9.50. The highest BCUT2D eigenvalue weighted by Gasteiger charge is 2.29. The third-order valence-electron chi connectivity index (χ3n) is 2.36. The van der Waals surface area contributed by atoms with Gasteiger partial charge >= 0.3 is 6.18 Å². The Morgan fingerprint density at radius 1 is 1.16 bits per heavy atom. The van der Waals surface area contributed by atoms with Crippen molar-refractivity contribution in [1.29, 1.82) is 0 Å². The molecule has 7 heteroatoms. The highest BCUT2D eigenvalue weighted by atomic mass is 79.9. The molecule has 0 radical (unpaired) electrons. The van der Waals surface area contributed by atoms with Gasteiger partial charge in [-0.25, -0.2) is 4.98 Å². The number of rotatable bonds is 2. The topological polar surface area (TPSA) is 50.9 Å². The molecule has 0 aliphatic carbocycles. The van der Waals surface area contributed by atoms with Crippen LogP contribution in [0, 0.1) is 0 Å². The highest BCUT2D eigenvalue weighted by molar-refractivity contribution is 9.10. The summed E-state index contributed by atoms with van der Waals surface area (Å²) in [6.45, 7) is 0. The molecule has 1 heterocycles. The molecular weight excluding hydrogens is 323 g/mol. The summed E-state index contributed by atoms with van der Waals surface area (Å²) < 4.78 is 37.9. The summed E-state index contributed by atoms with van der Waals surface area (Å²) in [5.41, 5.74) is 5.91. The molecule has 19 heavy (non-hydrogen) atoms. The molecule has 0 amide bonds. The van der Waals surface area contributed by atoms with Gasteiger partial charge < -0.3 is 11.1 Å². The van der Waals surface area contributed by atoms with Gasteiger partial charge in [-0.2, -0.15) is 13.2 Å². The van der Waals surface area contributed by atoms with E-state index in [0.717, 1.165) is 16.6 Å². The molecule has 100 valence electrons. The summed E-state index contributed by atoms with van der Waals surface area (Å²) in [5, 5.41) is 2.85. The molecule has 0 saturated heterocycles. The predicted octanol–water partition coefficient (Wildman–Crippen LogP) is 4.19. The summed E-state index contributed by atoms with van der Waals surface area (Å²) in [6.07, 6.45) is -2.80. The number of nitrogens with zero attached hydrogens (tertiary/aromatic N) is 1. The number of alkyl halides is 3. The Bertz CT molecular complexity index is 582. The van der Waals surface area contributed by atoms with Crippen LogP contribution in [0.4, 0.5) is 30.4 Å². The number of nitrogen functional groups attached to an aromatic ring is 1. The van der Waals surface area contributed by atoms with Gasteiger partial charge in [-0.3, -0.25) is 0 Å². The molecule has 0 bridgehead atoms. The van der Waals surface area contributed by atoms with E-state index in [4.69, 9.17) is 5.73 Å². The van der Waals surface area contributed by atoms with Crippen molar-refractivity contribution in [3.8, 4) is 0 Å². The van der Waals surface area contributed by atoms with Crippen molar-refractivity contribution in [2.75, 3.05) is 11.1 Å². The number of anilines is 3. The monoisotopic (exact) mass is 331 g/mol. The maximum absolute atomic E-state index is 12.4. The van der Waals surface area contributed by atoms with Crippen LogP contribution in [0.25, 0.3) is 0 Å². The van der Waals surface area contributed by atoms with E-state index in [1.165, 1.54) is 12.1 Å². The molecule has 3 nitrogen and oxygen atoms in total. The van der Waals surface area contributed by atoms with Crippen LogP contribution in [0.15, 0.2) is 41.0 Å². The Balaban J connectivity index is 2.20. The third-order valence-corrected chi connectivity index (χ3v) is 2.79. The first kappa shape index (κ1) is 13.7. The van der Waals surface area contributed by atoms with Crippen LogP contribution >= 0.6 is 15.9 Å². The van der Waals surface area contributed by atoms with Gasteiger partial charge in [0.2, 0.25) is 0 Å². The lowest BCUT2D eigenvalue weighted by Gasteiger charge is -2.10. The second-order valence-electron chi connectivity index (χ2n) is 3.79. The van der Waals surface area contributed by atoms with Crippen molar-refractivity contribution in [2.24, 2.45) is 0 Å². The minimum atomic E-state index is -4.34. The molecule has 0 aliphatic heterocycles. The van der Waals surface area contributed by atoms with Crippen LogP contribution in [0.3, 0.4) is 0 Å². The van der Waals surface area contributed by atoms with Gasteiger partial charge in [0, 0.05) is 16.4 Å². The number of aromatic nitrogens is 1. The van der Waals surface area contributed by atoms with E-state index in [1.54, 1.807) is 12.3 Å². The number of pyridine rings is 1. The molecule has 0 unspecified atom stereocenters. The normalized spacial score (nSPS) is 11.4. The van der Waals surface area contributed by atoms with E-state index in [1.807, 2.05) is 0 Å². The van der Waals surface area contributed by atoms with Crippen LogP contribution in [0.1, 0.15) is 5.56 Å². The van der Waals surface area contributed by atoms with Crippen molar-refractivity contribution in [3.05, 3.63) is 46.6 Å². The fourth-order valence-electron chi connectivity index (χ4n) is 1.44. The Kier molecular flexibility index (Phi) is 3.66. The second-order valence-corrected chi connectivity index (χ2v) is 4.71. The molecule has 0 aliphatic rings. The lowest BCUT2D eigenvalue weighted by molar-refractivity contribution is -0.137. The van der Waals surface area contributed by atoms with Gasteiger partial charge in [0.25, 0.3) is 0 Å². The molecule has 2 aromatic rings. The standard InChI is InChI=1S/C12H9BrF3N3/c13-8-5-10(17)11(18-6-8)19-9-3-1-7(2-4-9)12(14,15)16/h1-6H,17H2,(H,18,19). The largest absolute Gasteiger partial charge is 0.416 e. The molecule has 1 aromatic carbocycles. The summed E-state index contributed by atoms with van der Waals surface area (Å²) in [6, 6.07) is 6.30. The Morgan fingerprint density at radius 2 is 1.79 bits per heavy atom. The lowest BCUT2D eigenvalue weighted by atomic mass is 10.2. The molecule has 3 N–H and O–H groups in total. The van der Waals surface area contributed by atoms with Crippen LogP contribution in [-0.2, 0) is 6.18 Å². The number of hydrogen-bond acceptors (Lipinski definition) is 3. The fraction of sp³-hybridized carbons (Fsp3) is 0.0833. The molecule has 0 fully saturated rings. The van der Waals surface area contributed by atoms with Gasteiger partial charge in [-0.15, -0.1) is 0 Å². The van der Waals surface area contributed by atoms with Crippen LogP contribution in [0.5, 0.6) is 0 Å². The van der Waals surface area contributed by atoms with Crippen molar-refractivity contribution in [3.63, 3.8) is 0 Å². The van der Waals surface area contributed by atoms with E-state index < -0.39 is 11.7 Å². The van der Waals surface area contributed by atoms with Crippen molar-refractivity contribution in [1.82, 2.24) is 4.98 Å². The second kappa shape index (κ2) is 5.08. The first-order valence-corrected chi connectivity index (χ1v) is 6.01. The highest BCUT2D eigenvalue weighted by Crippen LogP contribution is 2.30. The molecule has 0 spiro atoms. The molecule has 2 rings (SSSR count). The molecule has 0 atom stereocenters. The van der Waals surface area contributed by atoms with E-state index in [2.05, 4.69) is 26.2 Å². The smallest absolute Gasteiger partial charge is 0.396 e. The maximum Gasteiger partial charge on any atom is 0.416 e. The first-order chi connectivity index (χ1) is 8.86. The summed E-state index contributed by atoms with van der Waals surface area (Å²) >= 11 is 3.22. The zero-order valence-corrected chi connectivity index (χ0v) is 11.1. The predicted molar refractivity (Wildman–Crippen MR) is 71.1 cm³/mol. The number of hydrogen-bond donors (Lipinski definition) is 2. The van der Waals surface area contributed by atoms with E-state index in [9.17, 15) is 13.2 Å². The van der Waals surface area contributed by atoms with Gasteiger partial charge in [-0.1, -0.05) is 0 Å². The van der Waals surface area contributed by atoms with Crippen molar-refractivity contribution < 1.29 is 13.2 Å². The van der Waals surface area contributed by atoms with Crippen LogP contribution < -0.4 is 11.1 Å². The third kappa shape index (κ3) is 3.37. The Morgan fingerprint density at radius 3 is 2.32 bits per heavy atom. The van der Waals surface area contributed by atoms with Gasteiger partial charge in [0.05, 0.1) is 11.3 Å². The Hall–Kier alpha value is -1.76. The quantitative estimate of drug-likeness (QED) is 0.867. The fourth-order valence-corrected chi connectivity index (χ4v) is 1.79. The molecule has 1 aromatic heterocycles. The van der Waals surface area contributed by atoms with Crippen LogP contribution in [-0.4, -0.2) is 4.98 Å². The van der Waals surface area contributed by atoms with E-state index >= 15 is 0 Å². The van der Waals surface area contributed by atoms with Gasteiger partial charge in [-0.05, 0) is 46.3 Å². The Labute approximate surface area is 115 Å². The molecule has 0 saturated carbocycles. The lowest BCUT2D eigenvalue weighted by Crippen LogP contribution is -2.05.